The van der Waals surface area contributed by atoms with Crippen LogP contribution in [0, 0.1) is 0 Å². The van der Waals surface area contributed by atoms with Crippen LogP contribution in [-0.2, 0) is 4.74 Å². The minimum absolute atomic E-state index is 0.143. The van der Waals surface area contributed by atoms with Crippen LogP contribution in [0.3, 0.4) is 0 Å². The number of hydrogen-bond donors (Lipinski definition) is 2. The van der Waals surface area contributed by atoms with Gasteiger partial charge in [-0.05, 0) is 45.9 Å². The summed E-state index contributed by atoms with van der Waals surface area (Å²) in [5.41, 5.74) is 7.47. The van der Waals surface area contributed by atoms with Crippen LogP contribution < -0.4 is 11.1 Å². The first kappa shape index (κ1) is 13.4. The molecule has 0 heterocycles. The van der Waals surface area contributed by atoms with E-state index < -0.39 is 0 Å². The maximum atomic E-state index is 11.9. The summed E-state index contributed by atoms with van der Waals surface area (Å²) >= 11 is 0. The number of hydrogen-bond acceptors (Lipinski definition) is 4. The maximum absolute atomic E-state index is 11.9. The highest BCUT2D eigenvalue weighted by Crippen LogP contribution is 2.21. The fourth-order valence-corrected chi connectivity index (χ4v) is 1.45. The Morgan fingerprint density at radius 3 is 2.47 bits per heavy atom. The predicted molar refractivity (Wildman–Crippen MR) is 70.2 cm³/mol. The van der Waals surface area contributed by atoms with Crippen molar-refractivity contribution < 1.29 is 9.53 Å². The molecule has 0 aliphatic heterocycles. The Kier molecular flexibility index (Phi) is 4.37. The molecule has 0 atom stereocenters. The molecule has 0 saturated heterocycles. The van der Waals surface area contributed by atoms with Gasteiger partial charge in [0.15, 0.2) is 0 Å². The number of carbonyl (C=O) groups is 1. The molecule has 1 rings (SSSR count). The number of nitrogens with one attached hydrogen (secondary N) is 1. The molecule has 3 N–H and O–H groups in total. The number of nitrogen functional groups attached to an aromatic ring is 1. The van der Waals surface area contributed by atoms with Gasteiger partial charge < -0.3 is 15.8 Å². The maximum Gasteiger partial charge on any atom is 0.340 e. The molecule has 0 unspecified atom stereocenters. The fraction of sp³-hybridized carbons (Fsp3) is 0.462. The highest BCUT2D eigenvalue weighted by Gasteiger charge is 2.15. The van der Waals surface area contributed by atoms with Gasteiger partial charge >= 0.3 is 5.97 Å². The Morgan fingerprint density at radius 2 is 1.94 bits per heavy atom. The van der Waals surface area contributed by atoms with Crippen LogP contribution in [0.1, 0.15) is 38.1 Å². The minimum Gasteiger partial charge on any atom is -0.459 e. The summed E-state index contributed by atoms with van der Waals surface area (Å²) < 4.78 is 5.18. The molecule has 94 valence electrons. The number of rotatable bonds is 4. The number of benzene rings is 1. The van der Waals surface area contributed by atoms with E-state index >= 15 is 0 Å². The van der Waals surface area contributed by atoms with Gasteiger partial charge in [0.1, 0.15) is 0 Å². The predicted octanol–water partition coefficient (Wildman–Crippen LogP) is 2.65. The van der Waals surface area contributed by atoms with Crippen LogP contribution in [0.5, 0.6) is 0 Å². The quantitative estimate of drug-likeness (QED) is 0.623. The van der Waals surface area contributed by atoms with E-state index in [-0.39, 0.29) is 18.1 Å². The lowest BCUT2D eigenvalue weighted by Gasteiger charge is -2.15. The molecule has 0 amide bonds. The molecule has 1 aromatic rings. The summed E-state index contributed by atoms with van der Waals surface area (Å²) in [5.74, 6) is -0.351. The summed E-state index contributed by atoms with van der Waals surface area (Å²) in [6.07, 6.45) is -0.143. The van der Waals surface area contributed by atoms with Gasteiger partial charge in [0.25, 0.3) is 0 Å². The van der Waals surface area contributed by atoms with Crippen molar-refractivity contribution >= 4 is 17.3 Å². The number of nitrogens with two attached hydrogens (primary N) is 1. The first-order valence-corrected chi connectivity index (χ1v) is 5.77. The third-order valence-corrected chi connectivity index (χ3v) is 2.05. The second-order valence-electron chi connectivity index (χ2n) is 4.56. The molecule has 4 nitrogen and oxygen atoms in total. The van der Waals surface area contributed by atoms with Gasteiger partial charge in [0, 0.05) is 17.4 Å². The highest BCUT2D eigenvalue weighted by atomic mass is 16.5. The van der Waals surface area contributed by atoms with E-state index in [0.29, 0.717) is 11.3 Å². The smallest absolute Gasteiger partial charge is 0.340 e. The van der Waals surface area contributed by atoms with E-state index in [1.165, 1.54) is 0 Å². The van der Waals surface area contributed by atoms with Crippen LogP contribution in [0.15, 0.2) is 18.2 Å². The lowest BCUT2D eigenvalue weighted by Crippen LogP contribution is -2.17. The monoisotopic (exact) mass is 236 g/mol. The largest absolute Gasteiger partial charge is 0.459 e. The fourth-order valence-electron chi connectivity index (χ4n) is 1.45. The number of esters is 1. The second kappa shape index (κ2) is 5.57. The van der Waals surface area contributed by atoms with Crippen molar-refractivity contribution in [2.45, 2.75) is 39.8 Å². The summed E-state index contributed by atoms with van der Waals surface area (Å²) in [6.45, 7) is 7.65. The van der Waals surface area contributed by atoms with E-state index in [9.17, 15) is 4.79 Å². The minimum atomic E-state index is -0.351. The van der Waals surface area contributed by atoms with Crippen molar-refractivity contribution in [1.29, 1.82) is 0 Å². The van der Waals surface area contributed by atoms with E-state index in [1.807, 2.05) is 27.7 Å². The molecule has 0 fully saturated rings. The lowest BCUT2D eigenvalue weighted by molar-refractivity contribution is 0.0379. The van der Waals surface area contributed by atoms with Crippen LogP contribution in [-0.4, -0.2) is 18.1 Å². The van der Waals surface area contributed by atoms with Gasteiger partial charge in [-0.1, -0.05) is 0 Å². The van der Waals surface area contributed by atoms with E-state index in [4.69, 9.17) is 10.5 Å². The molecule has 17 heavy (non-hydrogen) atoms. The molecule has 0 aliphatic carbocycles. The van der Waals surface area contributed by atoms with Crippen molar-refractivity contribution in [2.75, 3.05) is 11.1 Å². The molecule has 0 bridgehead atoms. The summed E-state index contributed by atoms with van der Waals surface area (Å²) in [5, 5.41) is 3.20. The molecule has 0 aliphatic rings. The van der Waals surface area contributed by atoms with Gasteiger partial charge in [0.2, 0.25) is 0 Å². The zero-order chi connectivity index (χ0) is 13.0. The number of carbonyl (C=O) groups excluding carboxylic acids is 1. The molecular weight excluding hydrogens is 216 g/mol. The van der Waals surface area contributed by atoms with Crippen LogP contribution in [0.2, 0.25) is 0 Å². The van der Waals surface area contributed by atoms with Crippen LogP contribution in [0.4, 0.5) is 11.4 Å². The average Bonchev–Trinajstić information content (AvgIpc) is 2.19. The Balaban J connectivity index is 3.02. The van der Waals surface area contributed by atoms with E-state index in [0.717, 1.165) is 5.69 Å². The van der Waals surface area contributed by atoms with Gasteiger partial charge in [0.05, 0.1) is 11.7 Å². The first-order valence-electron chi connectivity index (χ1n) is 5.77. The Labute approximate surface area is 102 Å². The molecule has 1 aromatic carbocycles. The Hall–Kier alpha value is -1.71. The SMILES string of the molecule is CC(C)Nc1ccc(N)cc1C(=O)OC(C)C. The second-order valence-corrected chi connectivity index (χ2v) is 4.56. The first-order chi connectivity index (χ1) is 7.90. The standard InChI is InChI=1S/C13H20N2O2/c1-8(2)15-12-6-5-10(14)7-11(12)13(16)17-9(3)4/h5-9,15H,14H2,1-4H3. The van der Waals surface area contributed by atoms with Gasteiger partial charge in [-0.3, -0.25) is 0 Å². The average molecular weight is 236 g/mol. The van der Waals surface area contributed by atoms with Gasteiger partial charge in [-0.25, -0.2) is 4.79 Å². The Bertz CT molecular complexity index is 400. The zero-order valence-electron chi connectivity index (χ0n) is 10.8. The van der Waals surface area contributed by atoms with E-state index in [2.05, 4.69) is 5.32 Å². The molecule has 0 spiro atoms. The zero-order valence-corrected chi connectivity index (χ0v) is 10.8. The Morgan fingerprint density at radius 1 is 1.29 bits per heavy atom. The summed E-state index contributed by atoms with van der Waals surface area (Å²) in [4.78, 5) is 11.9. The van der Waals surface area contributed by atoms with Crippen molar-refractivity contribution in [1.82, 2.24) is 0 Å². The topological polar surface area (TPSA) is 64.3 Å². The number of ether oxygens (including phenoxy) is 1. The summed E-state index contributed by atoms with van der Waals surface area (Å²) in [6, 6.07) is 5.43. The van der Waals surface area contributed by atoms with Gasteiger partial charge in [-0.15, -0.1) is 0 Å². The van der Waals surface area contributed by atoms with Crippen LogP contribution >= 0.6 is 0 Å². The van der Waals surface area contributed by atoms with Crippen molar-refractivity contribution in [3.63, 3.8) is 0 Å². The third-order valence-electron chi connectivity index (χ3n) is 2.05. The van der Waals surface area contributed by atoms with Crippen LogP contribution in [0.25, 0.3) is 0 Å². The molecule has 0 aromatic heterocycles. The van der Waals surface area contributed by atoms with Gasteiger partial charge in [-0.2, -0.15) is 0 Å². The highest BCUT2D eigenvalue weighted by molar-refractivity contribution is 5.96. The lowest BCUT2D eigenvalue weighted by atomic mass is 10.1. The normalized spacial score (nSPS) is 10.7. The summed E-state index contributed by atoms with van der Waals surface area (Å²) in [7, 11) is 0. The number of anilines is 2. The van der Waals surface area contributed by atoms with Crippen molar-refractivity contribution in [2.24, 2.45) is 0 Å². The van der Waals surface area contributed by atoms with E-state index in [1.54, 1.807) is 18.2 Å². The van der Waals surface area contributed by atoms with Crippen molar-refractivity contribution in [3.05, 3.63) is 23.8 Å². The molecular formula is C13H20N2O2. The molecule has 0 saturated carbocycles. The van der Waals surface area contributed by atoms with Crippen molar-refractivity contribution in [3.8, 4) is 0 Å². The third kappa shape index (κ3) is 3.98. The molecule has 0 radical (unpaired) electrons. The molecule has 4 heteroatoms.